The van der Waals surface area contributed by atoms with E-state index in [0.29, 0.717) is 0 Å². The molecule has 0 radical (unpaired) electrons. The van der Waals surface area contributed by atoms with Crippen molar-refractivity contribution in [2.24, 2.45) is 0 Å². The molecule has 0 fully saturated rings. The number of hydrogen-bond acceptors (Lipinski definition) is 3. The van der Waals surface area contributed by atoms with Crippen LogP contribution in [0.25, 0.3) is 0 Å². The molecule has 4 heteroatoms. The SMILES string of the molecule is CC(=O)CS(=O)CC(C)=O. The van der Waals surface area contributed by atoms with E-state index in [0.717, 1.165) is 0 Å². The lowest BCUT2D eigenvalue weighted by Gasteiger charge is -1.93. The molecular formula is C6H10O3S. The summed E-state index contributed by atoms with van der Waals surface area (Å²) in [7, 11) is -1.28. The van der Waals surface area contributed by atoms with Crippen LogP contribution in [0.5, 0.6) is 0 Å². The number of carbonyl (C=O) groups excluding carboxylic acids is 2. The van der Waals surface area contributed by atoms with Crippen LogP contribution in [0.15, 0.2) is 0 Å². The fraction of sp³-hybridized carbons (Fsp3) is 0.667. The summed E-state index contributed by atoms with van der Waals surface area (Å²) in [6, 6.07) is 0. The van der Waals surface area contributed by atoms with Gasteiger partial charge in [0.2, 0.25) is 0 Å². The first-order valence-electron chi connectivity index (χ1n) is 2.86. The lowest BCUT2D eigenvalue weighted by atomic mass is 10.5. The highest BCUT2D eigenvalue weighted by Crippen LogP contribution is 1.84. The number of Topliss-reactive ketones (excluding diaryl/α,β-unsaturated/α-hetero) is 2. The third-order valence-electron chi connectivity index (χ3n) is 0.729. The molecule has 0 heterocycles. The van der Waals surface area contributed by atoms with Crippen molar-refractivity contribution in [3.8, 4) is 0 Å². The second-order valence-corrected chi connectivity index (χ2v) is 3.59. The van der Waals surface area contributed by atoms with Crippen LogP contribution in [-0.4, -0.2) is 27.3 Å². The summed E-state index contributed by atoms with van der Waals surface area (Å²) in [5.74, 6) is -0.279. The minimum Gasteiger partial charge on any atom is -0.299 e. The molecule has 0 aliphatic heterocycles. The zero-order chi connectivity index (χ0) is 8.15. The highest BCUT2D eigenvalue weighted by molar-refractivity contribution is 7.86. The van der Waals surface area contributed by atoms with Gasteiger partial charge in [-0.1, -0.05) is 0 Å². The van der Waals surface area contributed by atoms with Crippen molar-refractivity contribution >= 4 is 22.4 Å². The van der Waals surface area contributed by atoms with Gasteiger partial charge in [0.1, 0.15) is 11.6 Å². The number of ketones is 2. The lowest BCUT2D eigenvalue weighted by Crippen LogP contribution is -2.14. The van der Waals surface area contributed by atoms with Gasteiger partial charge >= 0.3 is 0 Å². The second kappa shape index (κ2) is 4.33. The Morgan fingerprint density at radius 3 is 1.60 bits per heavy atom. The maximum Gasteiger partial charge on any atom is 0.142 e. The normalized spacial score (nSPS) is 9.90. The summed E-state index contributed by atoms with van der Waals surface area (Å²) in [5.41, 5.74) is 0. The Morgan fingerprint density at radius 2 is 1.40 bits per heavy atom. The number of rotatable bonds is 4. The van der Waals surface area contributed by atoms with Crippen LogP contribution in [0.1, 0.15) is 13.8 Å². The van der Waals surface area contributed by atoms with E-state index < -0.39 is 10.8 Å². The highest BCUT2D eigenvalue weighted by Gasteiger charge is 2.04. The third-order valence-corrected chi connectivity index (χ3v) is 2.19. The highest BCUT2D eigenvalue weighted by atomic mass is 32.2. The van der Waals surface area contributed by atoms with Crippen LogP contribution in [0, 0.1) is 0 Å². The molecule has 0 aliphatic rings. The zero-order valence-corrected chi connectivity index (χ0v) is 6.86. The predicted molar refractivity (Wildman–Crippen MR) is 39.2 cm³/mol. The van der Waals surface area contributed by atoms with E-state index in [1.165, 1.54) is 13.8 Å². The predicted octanol–water partition coefficient (Wildman–Crippen LogP) is -0.0869. The smallest absolute Gasteiger partial charge is 0.142 e. The van der Waals surface area contributed by atoms with Gasteiger partial charge in [0, 0.05) is 10.8 Å². The largest absolute Gasteiger partial charge is 0.299 e. The Morgan fingerprint density at radius 1 is 1.10 bits per heavy atom. The van der Waals surface area contributed by atoms with E-state index in [-0.39, 0.29) is 23.1 Å². The van der Waals surface area contributed by atoms with Crippen LogP contribution in [0.2, 0.25) is 0 Å². The minimum absolute atomic E-state index is 0.000417. The van der Waals surface area contributed by atoms with E-state index >= 15 is 0 Å². The molecular weight excluding hydrogens is 152 g/mol. The van der Waals surface area contributed by atoms with Crippen LogP contribution < -0.4 is 0 Å². The van der Waals surface area contributed by atoms with Gasteiger partial charge in [-0.25, -0.2) is 0 Å². The van der Waals surface area contributed by atoms with Crippen molar-refractivity contribution in [1.82, 2.24) is 0 Å². The summed E-state index contributed by atoms with van der Waals surface area (Å²) in [6.07, 6.45) is 0. The van der Waals surface area contributed by atoms with E-state index in [2.05, 4.69) is 0 Å². The molecule has 0 atom stereocenters. The first kappa shape index (κ1) is 9.49. The van der Waals surface area contributed by atoms with Crippen molar-refractivity contribution in [2.45, 2.75) is 13.8 Å². The number of hydrogen-bond donors (Lipinski definition) is 0. The first-order valence-corrected chi connectivity index (χ1v) is 4.35. The van der Waals surface area contributed by atoms with Crippen molar-refractivity contribution in [3.05, 3.63) is 0 Å². The molecule has 0 aliphatic carbocycles. The Kier molecular flexibility index (Phi) is 4.11. The average Bonchev–Trinajstić information content (AvgIpc) is 1.58. The summed E-state index contributed by atoms with van der Waals surface area (Å²) < 4.78 is 10.7. The van der Waals surface area contributed by atoms with Crippen LogP contribution in [0.3, 0.4) is 0 Å². The quantitative estimate of drug-likeness (QED) is 0.580. The third kappa shape index (κ3) is 5.62. The van der Waals surface area contributed by atoms with Crippen LogP contribution in [0.4, 0.5) is 0 Å². The molecule has 0 amide bonds. The molecule has 58 valence electrons. The van der Waals surface area contributed by atoms with E-state index in [4.69, 9.17) is 0 Å². The molecule has 0 aromatic rings. The van der Waals surface area contributed by atoms with Crippen LogP contribution in [-0.2, 0) is 20.4 Å². The van der Waals surface area contributed by atoms with Gasteiger partial charge in [-0.2, -0.15) is 0 Å². The summed E-state index contributed by atoms with van der Waals surface area (Å²) in [4.78, 5) is 20.7. The molecule has 0 saturated carbocycles. The van der Waals surface area contributed by atoms with Gasteiger partial charge in [0.15, 0.2) is 0 Å². The molecule has 0 unspecified atom stereocenters. The topological polar surface area (TPSA) is 51.2 Å². The lowest BCUT2D eigenvalue weighted by molar-refractivity contribution is -0.115. The number of carbonyl (C=O) groups is 2. The second-order valence-electron chi connectivity index (χ2n) is 2.13. The van der Waals surface area contributed by atoms with Crippen molar-refractivity contribution < 1.29 is 13.8 Å². The van der Waals surface area contributed by atoms with E-state index in [1.807, 2.05) is 0 Å². The zero-order valence-electron chi connectivity index (χ0n) is 6.05. The van der Waals surface area contributed by atoms with Crippen molar-refractivity contribution in [2.75, 3.05) is 11.5 Å². The summed E-state index contributed by atoms with van der Waals surface area (Å²) in [6.45, 7) is 2.72. The maximum atomic E-state index is 10.7. The molecule has 0 spiro atoms. The monoisotopic (exact) mass is 162 g/mol. The molecule has 0 N–H and O–H groups in total. The Labute approximate surface area is 62.3 Å². The molecule has 0 aromatic heterocycles. The molecule has 0 rings (SSSR count). The summed E-state index contributed by atoms with van der Waals surface area (Å²) >= 11 is 0. The molecule has 3 nitrogen and oxygen atoms in total. The van der Waals surface area contributed by atoms with Gasteiger partial charge in [-0.15, -0.1) is 0 Å². The van der Waals surface area contributed by atoms with Gasteiger partial charge in [-0.3, -0.25) is 13.8 Å². The molecule has 10 heavy (non-hydrogen) atoms. The van der Waals surface area contributed by atoms with Crippen LogP contribution >= 0.6 is 0 Å². The fourth-order valence-electron chi connectivity index (χ4n) is 0.504. The van der Waals surface area contributed by atoms with Gasteiger partial charge in [0.25, 0.3) is 0 Å². The van der Waals surface area contributed by atoms with Gasteiger partial charge in [-0.05, 0) is 13.8 Å². The van der Waals surface area contributed by atoms with Gasteiger partial charge in [0.05, 0.1) is 11.5 Å². The van der Waals surface area contributed by atoms with Crippen molar-refractivity contribution in [3.63, 3.8) is 0 Å². The maximum absolute atomic E-state index is 10.7. The molecule has 0 bridgehead atoms. The molecule has 0 saturated heterocycles. The van der Waals surface area contributed by atoms with E-state index in [1.54, 1.807) is 0 Å². The standard InChI is InChI=1S/C6H10O3S/c1-5(7)3-10(9)4-6(2)8/h3-4H2,1-2H3. The minimum atomic E-state index is -1.28. The molecule has 0 aromatic carbocycles. The fourth-order valence-corrected chi connectivity index (χ4v) is 1.51. The summed E-state index contributed by atoms with van der Waals surface area (Å²) in [5, 5.41) is 0. The van der Waals surface area contributed by atoms with Crippen molar-refractivity contribution in [1.29, 1.82) is 0 Å². The average molecular weight is 162 g/mol. The Bertz CT molecular complexity index is 156. The first-order chi connectivity index (χ1) is 4.52. The Hall–Kier alpha value is -0.510. The van der Waals surface area contributed by atoms with E-state index in [9.17, 15) is 13.8 Å². The van der Waals surface area contributed by atoms with Gasteiger partial charge < -0.3 is 0 Å². The Balaban J connectivity index is 3.65.